The number of hydrogen-bond acceptors (Lipinski definition) is 5. The first kappa shape index (κ1) is 20.2. The average molecular weight is 404 g/mol. The molecule has 8 heteroatoms. The van der Waals surface area contributed by atoms with E-state index in [1.54, 1.807) is 18.2 Å². The maximum Gasteiger partial charge on any atom is 0.337 e. The van der Waals surface area contributed by atoms with Crippen LogP contribution in [0.4, 0.5) is 11.4 Å². The van der Waals surface area contributed by atoms with E-state index >= 15 is 0 Å². The zero-order valence-corrected chi connectivity index (χ0v) is 16.9. The lowest BCUT2D eigenvalue weighted by Crippen LogP contribution is -2.44. The van der Waals surface area contributed by atoms with Gasteiger partial charge in [-0.05, 0) is 49.4 Å². The quantitative estimate of drug-likeness (QED) is 0.770. The number of piperazine rings is 1. The number of aromatic carboxylic acids is 1. The molecule has 28 heavy (non-hydrogen) atoms. The van der Waals surface area contributed by atoms with Crippen molar-refractivity contribution >= 4 is 27.4 Å². The topological polar surface area (TPSA) is 90.0 Å². The molecular formula is C20H25N3O4S. The molecule has 2 aromatic rings. The molecule has 1 aliphatic rings. The standard InChI is InChI=1S/C20H25N3O4S/c1-3-15-4-7-17(8-5-15)28(26,27)21-19-9-6-16(14-18(19)20(24)25)23-12-10-22(2)11-13-23/h4-9,14,21H,3,10-13H2,1-2H3,(H,24,25). The summed E-state index contributed by atoms with van der Waals surface area (Å²) < 4.78 is 27.8. The van der Waals surface area contributed by atoms with E-state index in [0.717, 1.165) is 43.9 Å². The van der Waals surface area contributed by atoms with Crippen LogP contribution in [0.5, 0.6) is 0 Å². The van der Waals surface area contributed by atoms with Crippen molar-refractivity contribution in [2.45, 2.75) is 18.2 Å². The molecule has 2 N–H and O–H groups in total. The third-order valence-electron chi connectivity index (χ3n) is 4.99. The molecule has 2 aromatic carbocycles. The van der Waals surface area contributed by atoms with E-state index in [-0.39, 0.29) is 16.1 Å². The summed E-state index contributed by atoms with van der Waals surface area (Å²) in [6.07, 6.45) is 0.810. The molecule has 3 rings (SSSR count). The van der Waals surface area contributed by atoms with Crippen LogP contribution in [0.1, 0.15) is 22.8 Å². The highest BCUT2D eigenvalue weighted by atomic mass is 32.2. The normalized spacial score (nSPS) is 15.4. The van der Waals surface area contributed by atoms with E-state index in [0.29, 0.717) is 0 Å². The van der Waals surface area contributed by atoms with Crippen molar-refractivity contribution in [1.82, 2.24) is 4.90 Å². The second kappa shape index (κ2) is 8.20. The molecule has 0 amide bonds. The zero-order chi connectivity index (χ0) is 20.3. The van der Waals surface area contributed by atoms with E-state index in [2.05, 4.69) is 14.5 Å². The van der Waals surface area contributed by atoms with Crippen molar-refractivity contribution in [2.24, 2.45) is 0 Å². The third kappa shape index (κ3) is 4.45. The Morgan fingerprint density at radius 2 is 1.71 bits per heavy atom. The van der Waals surface area contributed by atoms with Crippen molar-refractivity contribution in [1.29, 1.82) is 0 Å². The number of carboxylic acids is 1. The molecule has 0 radical (unpaired) electrons. The van der Waals surface area contributed by atoms with Crippen molar-refractivity contribution in [3.05, 3.63) is 53.6 Å². The molecule has 1 heterocycles. The molecule has 0 aliphatic carbocycles. The number of rotatable bonds is 6. The molecule has 0 unspecified atom stereocenters. The fraction of sp³-hybridized carbons (Fsp3) is 0.350. The van der Waals surface area contributed by atoms with E-state index in [9.17, 15) is 18.3 Å². The number of sulfonamides is 1. The predicted molar refractivity (Wildman–Crippen MR) is 110 cm³/mol. The number of aryl methyl sites for hydroxylation is 1. The number of carbonyl (C=O) groups is 1. The smallest absolute Gasteiger partial charge is 0.337 e. The number of carboxylic acid groups (broad SMARTS) is 1. The number of benzene rings is 2. The maximum absolute atomic E-state index is 12.7. The Labute approximate surface area is 165 Å². The number of hydrogen-bond donors (Lipinski definition) is 2. The Morgan fingerprint density at radius 1 is 1.07 bits per heavy atom. The lowest BCUT2D eigenvalue weighted by atomic mass is 10.1. The fourth-order valence-electron chi connectivity index (χ4n) is 3.17. The van der Waals surface area contributed by atoms with Gasteiger partial charge in [0.05, 0.1) is 16.1 Å². The molecule has 0 saturated carbocycles. The number of anilines is 2. The van der Waals surface area contributed by atoms with Crippen molar-refractivity contribution in [3.63, 3.8) is 0 Å². The minimum Gasteiger partial charge on any atom is -0.478 e. The van der Waals surface area contributed by atoms with Crippen molar-refractivity contribution in [2.75, 3.05) is 42.8 Å². The van der Waals surface area contributed by atoms with Gasteiger partial charge in [0.15, 0.2) is 0 Å². The maximum atomic E-state index is 12.7. The molecular weight excluding hydrogens is 378 g/mol. The molecule has 1 saturated heterocycles. The van der Waals surface area contributed by atoms with Gasteiger partial charge in [-0.25, -0.2) is 13.2 Å². The summed E-state index contributed by atoms with van der Waals surface area (Å²) in [6, 6.07) is 11.4. The lowest BCUT2D eigenvalue weighted by Gasteiger charge is -2.34. The summed E-state index contributed by atoms with van der Waals surface area (Å²) in [5.41, 5.74) is 1.80. The predicted octanol–water partition coefficient (Wildman–Crippen LogP) is 2.50. The minimum absolute atomic E-state index is 0.0601. The summed E-state index contributed by atoms with van der Waals surface area (Å²) in [5.74, 6) is -1.17. The van der Waals surface area contributed by atoms with Gasteiger partial charge < -0.3 is 14.9 Å². The van der Waals surface area contributed by atoms with Gasteiger partial charge in [0.2, 0.25) is 0 Å². The van der Waals surface area contributed by atoms with Crippen LogP contribution in [0.15, 0.2) is 47.4 Å². The van der Waals surface area contributed by atoms with Crippen LogP contribution in [0.3, 0.4) is 0 Å². The highest BCUT2D eigenvalue weighted by molar-refractivity contribution is 7.92. The lowest BCUT2D eigenvalue weighted by molar-refractivity contribution is 0.0698. The Morgan fingerprint density at radius 3 is 2.29 bits per heavy atom. The first-order valence-electron chi connectivity index (χ1n) is 9.23. The van der Waals surface area contributed by atoms with Crippen LogP contribution in [-0.2, 0) is 16.4 Å². The summed E-state index contributed by atoms with van der Waals surface area (Å²) in [7, 11) is -1.83. The molecule has 0 aromatic heterocycles. The van der Waals surface area contributed by atoms with Gasteiger partial charge in [0, 0.05) is 31.9 Å². The molecule has 1 aliphatic heterocycles. The zero-order valence-electron chi connectivity index (χ0n) is 16.1. The highest BCUT2D eigenvalue weighted by Crippen LogP contribution is 2.26. The Bertz CT molecular complexity index is 950. The van der Waals surface area contributed by atoms with Crippen LogP contribution in [0, 0.1) is 0 Å². The molecule has 0 bridgehead atoms. The monoisotopic (exact) mass is 403 g/mol. The first-order chi connectivity index (χ1) is 13.3. The van der Waals surface area contributed by atoms with Crippen LogP contribution in [0.2, 0.25) is 0 Å². The Balaban J connectivity index is 1.87. The van der Waals surface area contributed by atoms with Gasteiger partial charge in [-0.1, -0.05) is 19.1 Å². The van der Waals surface area contributed by atoms with Crippen LogP contribution >= 0.6 is 0 Å². The van der Waals surface area contributed by atoms with Crippen LogP contribution < -0.4 is 9.62 Å². The largest absolute Gasteiger partial charge is 0.478 e. The van der Waals surface area contributed by atoms with Crippen molar-refractivity contribution < 1.29 is 18.3 Å². The second-order valence-corrected chi connectivity index (χ2v) is 8.61. The van der Waals surface area contributed by atoms with Gasteiger partial charge in [0.1, 0.15) is 0 Å². The van der Waals surface area contributed by atoms with Crippen LogP contribution in [-0.4, -0.2) is 57.6 Å². The fourth-order valence-corrected chi connectivity index (χ4v) is 4.25. The van der Waals surface area contributed by atoms with Gasteiger partial charge >= 0.3 is 5.97 Å². The van der Waals surface area contributed by atoms with E-state index in [1.165, 1.54) is 24.3 Å². The Hall–Kier alpha value is -2.58. The van der Waals surface area contributed by atoms with E-state index < -0.39 is 16.0 Å². The van der Waals surface area contributed by atoms with Crippen LogP contribution in [0.25, 0.3) is 0 Å². The molecule has 150 valence electrons. The van der Waals surface area contributed by atoms with E-state index in [4.69, 9.17) is 0 Å². The minimum atomic E-state index is -3.87. The van der Waals surface area contributed by atoms with Gasteiger partial charge in [-0.2, -0.15) is 0 Å². The molecule has 1 fully saturated rings. The highest BCUT2D eigenvalue weighted by Gasteiger charge is 2.21. The molecule has 0 atom stereocenters. The summed E-state index contributed by atoms with van der Waals surface area (Å²) in [4.78, 5) is 16.2. The van der Waals surface area contributed by atoms with Crippen molar-refractivity contribution in [3.8, 4) is 0 Å². The Kier molecular flexibility index (Phi) is 5.90. The number of nitrogens with one attached hydrogen (secondary N) is 1. The summed E-state index contributed by atoms with van der Waals surface area (Å²) in [5, 5.41) is 9.60. The SMILES string of the molecule is CCc1ccc(S(=O)(=O)Nc2ccc(N3CCN(C)CC3)cc2C(=O)O)cc1. The molecule has 0 spiro atoms. The number of likely N-dealkylation sites (N-methyl/N-ethyl adjacent to an activating group) is 1. The number of nitrogens with zero attached hydrogens (tertiary/aromatic N) is 2. The van der Waals surface area contributed by atoms with Gasteiger partial charge in [0.25, 0.3) is 10.0 Å². The van der Waals surface area contributed by atoms with Gasteiger partial charge in [-0.3, -0.25) is 4.72 Å². The average Bonchev–Trinajstić information content (AvgIpc) is 2.68. The third-order valence-corrected chi connectivity index (χ3v) is 6.37. The first-order valence-corrected chi connectivity index (χ1v) is 10.7. The van der Waals surface area contributed by atoms with Gasteiger partial charge in [-0.15, -0.1) is 0 Å². The summed E-state index contributed by atoms with van der Waals surface area (Å²) in [6.45, 7) is 5.37. The van der Waals surface area contributed by atoms with E-state index in [1.807, 2.05) is 14.0 Å². The molecule has 7 nitrogen and oxygen atoms in total. The summed E-state index contributed by atoms with van der Waals surface area (Å²) >= 11 is 0. The second-order valence-electron chi connectivity index (χ2n) is 6.93.